The van der Waals surface area contributed by atoms with Crippen molar-refractivity contribution in [2.24, 2.45) is 0 Å². The van der Waals surface area contributed by atoms with Crippen LogP contribution in [0.4, 0.5) is 0 Å². The minimum absolute atomic E-state index is 0.517. The molecule has 0 aliphatic heterocycles. The van der Waals surface area contributed by atoms with Gasteiger partial charge >= 0.3 is 0 Å². The summed E-state index contributed by atoms with van der Waals surface area (Å²) in [5, 5.41) is 0.911. The molecule has 16 heavy (non-hydrogen) atoms. The second kappa shape index (κ2) is 4.81. The maximum Gasteiger partial charge on any atom is 0.152 e. The number of fused-ring (bicyclic) bond motifs is 1. The van der Waals surface area contributed by atoms with E-state index in [-0.39, 0.29) is 0 Å². The Kier molecular flexibility index (Phi) is 3.22. The zero-order chi connectivity index (χ0) is 11.4. The zero-order valence-corrected chi connectivity index (χ0v) is 9.03. The first-order chi connectivity index (χ1) is 7.85. The topological polar surface area (TPSA) is 51.3 Å². The van der Waals surface area contributed by atoms with Gasteiger partial charge < -0.3 is 14.5 Å². The number of aromatic amines is 1. The van der Waals surface area contributed by atoms with E-state index in [1.807, 2.05) is 18.2 Å². The van der Waals surface area contributed by atoms with Gasteiger partial charge in [-0.25, -0.2) is 0 Å². The van der Waals surface area contributed by atoms with Crippen molar-refractivity contribution in [3.8, 4) is 5.75 Å². The van der Waals surface area contributed by atoms with Gasteiger partial charge in [-0.1, -0.05) is 0 Å². The number of hydrogen-bond donors (Lipinski definition) is 1. The fourth-order valence-electron chi connectivity index (χ4n) is 1.56. The van der Waals surface area contributed by atoms with Gasteiger partial charge in [0.15, 0.2) is 6.29 Å². The summed E-state index contributed by atoms with van der Waals surface area (Å²) in [4.78, 5) is 13.7. The van der Waals surface area contributed by atoms with Gasteiger partial charge in [-0.05, 0) is 12.1 Å². The molecular formula is C12H13NO3. The van der Waals surface area contributed by atoms with Crippen LogP contribution < -0.4 is 4.74 Å². The summed E-state index contributed by atoms with van der Waals surface area (Å²) in [7, 11) is 1.63. The number of rotatable bonds is 5. The van der Waals surface area contributed by atoms with Gasteiger partial charge in [0.25, 0.3) is 0 Å². The van der Waals surface area contributed by atoms with Crippen LogP contribution in [0.15, 0.2) is 24.4 Å². The molecular weight excluding hydrogens is 206 g/mol. The number of carbonyl (C=O) groups excluding carboxylic acids is 1. The minimum atomic E-state index is 0.517. The molecule has 84 valence electrons. The zero-order valence-electron chi connectivity index (χ0n) is 9.03. The van der Waals surface area contributed by atoms with Crippen molar-refractivity contribution >= 4 is 17.2 Å². The van der Waals surface area contributed by atoms with E-state index in [1.54, 1.807) is 13.3 Å². The highest BCUT2D eigenvalue weighted by Crippen LogP contribution is 2.22. The molecule has 1 heterocycles. The van der Waals surface area contributed by atoms with Gasteiger partial charge in [-0.15, -0.1) is 0 Å². The lowest BCUT2D eigenvalue weighted by Gasteiger charge is -2.05. The maximum absolute atomic E-state index is 10.7. The van der Waals surface area contributed by atoms with Crippen LogP contribution in [0, 0.1) is 0 Å². The number of methoxy groups -OCH3 is 1. The summed E-state index contributed by atoms with van der Waals surface area (Å²) in [5.74, 6) is 0.767. The molecule has 0 amide bonds. The monoisotopic (exact) mass is 219 g/mol. The molecule has 2 aromatic rings. The largest absolute Gasteiger partial charge is 0.491 e. The average molecular weight is 219 g/mol. The van der Waals surface area contributed by atoms with Crippen molar-refractivity contribution in [1.82, 2.24) is 4.98 Å². The first kappa shape index (κ1) is 10.7. The molecule has 0 radical (unpaired) electrons. The van der Waals surface area contributed by atoms with Gasteiger partial charge in [0.2, 0.25) is 0 Å². The Bertz CT molecular complexity index is 490. The van der Waals surface area contributed by atoms with Crippen molar-refractivity contribution in [3.63, 3.8) is 0 Å². The fraction of sp³-hybridized carbons (Fsp3) is 0.250. The SMILES string of the molecule is COCCOc1ccc2c(C=O)c[nH]c2c1. The number of ether oxygens (including phenoxy) is 2. The number of aldehydes is 1. The molecule has 0 atom stereocenters. The molecule has 4 nitrogen and oxygen atoms in total. The molecule has 1 aromatic carbocycles. The Labute approximate surface area is 93.2 Å². The molecule has 0 saturated heterocycles. The van der Waals surface area contributed by atoms with Gasteiger partial charge in [0.1, 0.15) is 12.4 Å². The highest BCUT2D eigenvalue weighted by molar-refractivity contribution is 5.97. The molecule has 0 bridgehead atoms. The molecule has 0 aliphatic carbocycles. The van der Waals surface area contributed by atoms with Gasteiger partial charge in [-0.2, -0.15) is 0 Å². The molecule has 4 heteroatoms. The lowest BCUT2D eigenvalue weighted by Crippen LogP contribution is -2.03. The van der Waals surface area contributed by atoms with Gasteiger partial charge in [0.05, 0.1) is 6.61 Å². The summed E-state index contributed by atoms with van der Waals surface area (Å²) in [5.41, 5.74) is 1.57. The van der Waals surface area contributed by atoms with E-state index in [1.165, 1.54) is 0 Å². The summed E-state index contributed by atoms with van der Waals surface area (Å²) in [6.45, 7) is 1.08. The van der Waals surface area contributed by atoms with E-state index in [4.69, 9.17) is 9.47 Å². The molecule has 0 spiro atoms. The van der Waals surface area contributed by atoms with Crippen molar-refractivity contribution in [2.45, 2.75) is 0 Å². The number of benzene rings is 1. The highest BCUT2D eigenvalue weighted by Gasteiger charge is 2.03. The van der Waals surface area contributed by atoms with Crippen molar-refractivity contribution < 1.29 is 14.3 Å². The summed E-state index contributed by atoms with van der Waals surface area (Å²) >= 11 is 0. The molecule has 2 rings (SSSR count). The standard InChI is InChI=1S/C12H13NO3/c1-15-4-5-16-10-2-3-11-9(8-14)7-13-12(11)6-10/h2-3,6-8,13H,4-5H2,1H3. The van der Waals surface area contributed by atoms with Crippen LogP contribution in [0.3, 0.4) is 0 Å². The van der Waals surface area contributed by atoms with Crippen LogP contribution >= 0.6 is 0 Å². The number of hydrogen-bond acceptors (Lipinski definition) is 3. The second-order valence-electron chi connectivity index (χ2n) is 3.41. The Morgan fingerprint density at radius 1 is 1.38 bits per heavy atom. The molecule has 0 saturated carbocycles. The van der Waals surface area contributed by atoms with Gasteiger partial charge in [0, 0.05) is 35.8 Å². The number of H-pyrrole nitrogens is 1. The Morgan fingerprint density at radius 3 is 3.00 bits per heavy atom. The molecule has 0 fully saturated rings. The van der Waals surface area contributed by atoms with Crippen LogP contribution in [-0.2, 0) is 4.74 Å². The average Bonchev–Trinajstić information content (AvgIpc) is 2.71. The first-order valence-electron chi connectivity index (χ1n) is 5.03. The van der Waals surface area contributed by atoms with Crippen molar-refractivity contribution in [1.29, 1.82) is 0 Å². The van der Waals surface area contributed by atoms with Crippen LogP contribution in [0.2, 0.25) is 0 Å². The predicted octanol–water partition coefficient (Wildman–Crippen LogP) is 2.01. The Balaban J connectivity index is 2.20. The third kappa shape index (κ3) is 2.06. The smallest absolute Gasteiger partial charge is 0.152 e. The van der Waals surface area contributed by atoms with E-state index in [9.17, 15) is 4.79 Å². The Morgan fingerprint density at radius 2 is 2.25 bits per heavy atom. The van der Waals surface area contributed by atoms with E-state index in [0.29, 0.717) is 18.8 Å². The van der Waals surface area contributed by atoms with Crippen molar-refractivity contribution in [3.05, 3.63) is 30.0 Å². The van der Waals surface area contributed by atoms with Crippen LogP contribution in [0.25, 0.3) is 10.9 Å². The molecule has 0 aliphatic rings. The first-order valence-corrected chi connectivity index (χ1v) is 5.03. The highest BCUT2D eigenvalue weighted by atomic mass is 16.5. The van der Waals surface area contributed by atoms with Crippen molar-refractivity contribution in [2.75, 3.05) is 20.3 Å². The third-order valence-electron chi connectivity index (χ3n) is 2.37. The van der Waals surface area contributed by atoms with Crippen LogP contribution in [0.1, 0.15) is 10.4 Å². The number of aromatic nitrogens is 1. The molecule has 1 aromatic heterocycles. The Hall–Kier alpha value is -1.81. The van der Waals surface area contributed by atoms with E-state index in [0.717, 1.165) is 22.9 Å². The van der Waals surface area contributed by atoms with Crippen LogP contribution in [0.5, 0.6) is 5.75 Å². The number of nitrogens with one attached hydrogen (secondary N) is 1. The summed E-state index contributed by atoms with van der Waals surface area (Å²) in [6.07, 6.45) is 2.53. The third-order valence-corrected chi connectivity index (χ3v) is 2.37. The van der Waals surface area contributed by atoms with Crippen LogP contribution in [-0.4, -0.2) is 31.6 Å². The summed E-state index contributed by atoms with van der Waals surface area (Å²) < 4.78 is 10.4. The lowest BCUT2D eigenvalue weighted by atomic mass is 10.2. The minimum Gasteiger partial charge on any atom is -0.491 e. The fourth-order valence-corrected chi connectivity index (χ4v) is 1.56. The predicted molar refractivity (Wildman–Crippen MR) is 61.1 cm³/mol. The van der Waals surface area contributed by atoms with E-state index < -0.39 is 0 Å². The van der Waals surface area contributed by atoms with E-state index in [2.05, 4.69) is 4.98 Å². The maximum atomic E-state index is 10.7. The van der Waals surface area contributed by atoms with E-state index >= 15 is 0 Å². The van der Waals surface area contributed by atoms with Gasteiger partial charge in [-0.3, -0.25) is 4.79 Å². The molecule has 1 N–H and O–H groups in total. The molecule has 0 unspecified atom stereocenters. The second-order valence-corrected chi connectivity index (χ2v) is 3.41. The lowest BCUT2D eigenvalue weighted by molar-refractivity contribution is 0.112. The normalized spacial score (nSPS) is 10.6. The quantitative estimate of drug-likeness (QED) is 0.618. The summed E-state index contributed by atoms with van der Waals surface area (Å²) in [6, 6.07) is 5.59. The number of carbonyl (C=O) groups is 1.